The van der Waals surface area contributed by atoms with Crippen LogP contribution in [0.5, 0.6) is 0 Å². The van der Waals surface area contributed by atoms with Crippen molar-refractivity contribution in [3.63, 3.8) is 0 Å². The Bertz CT molecular complexity index is 541. The van der Waals surface area contributed by atoms with Crippen molar-refractivity contribution in [2.24, 2.45) is 5.73 Å². The molecule has 4 heteroatoms. The maximum atomic E-state index is 6.21. The molecule has 0 aliphatic carbocycles. The highest BCUT2D eigenvalue weighted by molar-refractivity contribution is 6.42. The number of pyridine rings is 1. The lowest BCUT2D eigenvalue weighted by molar-refractivity contribution is 0.857. The van der Waals surface area contributed by atoms with Gasteiger partial charge in [-0.2, -0.15) is 0 Å². The van der Waals surface area contributed by atoms with Crippen molar-refractivity contribution >= 4 is 23.2 Å². The third kappa shape index (κ3) is 2.60. The van der Waals surface area contributed by atoms with Crippen LogP contribution in [0.2, 0.25) is 10.0 Å². The number of nitrogens with two attached hydrogens (primary N) is 1. The molecule has 0 saturated carbocycles. The van der Waals surface area contributed by atoms with Gasteiger partial charge in [0.1, 0.15) is 0 Å². The summed E-state index contributed by atoms with van der Waals surface area (Å²) in [6, 6.07) is 7.15. The molecule has 1 unspecified atom stereocenters. The van der Waals surface area contributed by atoms with E-state index >= 15 is 0 Å². The summed E-state index contributed by atoms with van der Waals surface area (Å²) in [5.41, 5.74) is 9.25. The van der Waals surface area contributed by atoms with Crippen molar-refractivity contribution < 1.29 is 0 Å². The Morgan fingerprint density at radius 3 is 2.59 bits per heavy atom. The van der Waals surface area contributed by atoms with Gasteiger partial charge in [-0.05, 0) is 41.8 Å². The topological polar surface area (TPSA) is 38.9 Å². The van der Waals surface area contributed by atoms with E-state index < -0.39 is 0 Å². The van der Waals surface area contributed by atoms with Crippen LogP contribution >= 0.6 is 23.2 Å². The summed E-state index contributed by atoms with van der Waals surface area (Å²) in [6.07, 6.45) is 3.53. The summed E-state index contributed by atoms with van der Waals surface area (Å²) in [6.45, 7) is 1.99. The first-order valence-corrected chi connectivity index (χ1v) is 5.96. The predicted octanol–water partition coefficient (Wildman–Crippen LogP) is 3.74. The number of aromatic nitrogens is 1. The quantitative estimate of drug-likeness (QED) is 0.900. The average molecular weight is 267 g/mol. The summed E-state index contributed by atoms with van der Waals surface area (Å²) in [4.78, 5) is 4.05. The highest BCUT2D eigenvalue weighted by atomic mass is 35.5. The number of nitrogens with zero attached hydrogens (tertiary/aromatic N) is 1. The van der Waals surface area contributed by atoms with E-state index in [1.54, 1.807) is 24.5 Å². The summed E-state index contributed by atoms with van der Waals surface area (Å²) in [7, 11) is 0. The molecule has 1 atom stereocenters. The van der Waals surface area contributed by atoms with E-state index in [0.717, 1.165) is 16.7 Å². The number of aryl methyl sites for hydroxylation is 1. The number of halogens is 2. The van der Waals surface area contributed by atoms with Crippen LogP contribution in [-0.4, -0.2) is 4.98 Å². The van der Waals surface area contributed by atoms with Crippen LogP contribution in [0.3, 0.4) is 0 Å². The zero-order valence-electron chi connectivity index (χ0n) is 9.32. The molecule has 0 fully saturated rings. The molecule has 0 bridgehead atoms. The molecular weight excluding hydrogens is 255 g/mol. The lowest BCUT2D eigenvalue weighted by Crippen LogP contribution is -2.13. The second-order valence-corrected chi connectivity index (χ2v) is 4.70. The maximum absolute atomic E-state index is 6.21. The third-order valence-corrected chi connectivity index (χ3v) is 3.44. The van der Waals surface area contributed by atoms with Gasteiger partial charge in [0.15, 0.2) is 0 Å². The summed E-state index contributed by atoms with van der Waals surface area (Å²) in [5.74, 6) is 0. The molecule has 0 saturated heterocycles. The van der Waals surface area contributed by atoms with Crippen LogP contribution in [0.1, 0.15) is 22.7 Å². The van der Waals surface area contributed by atoms with Gasteiger partial charge in [-0.25, -0.2) is 0 Å². The Labute approximate surface area is 110 Å². The summed E-state index contributed by atoms with van der Waals surface area (Å²) < 4.78 is 0. The Balaban J connectivity index is 2.40. The maximum Gasteiger partial charge on any atom is 0.0595 e. The van der Waals surface area contributed by atoms with E-state index in [4.69, 9.17) is 28.9 Å². The molecule has 2 aromatic rings. The van der Waals surface area contributed by atoms with Crippen molar-refractivity contribution in [3.05, 3.63) is 63.4 Å². The Morgan fingerprint density at radius 2 is 1.94 bits per heavy atom. The molecule has 0 aliphatic heterocycles. The molecule has 1 heterocycles. The van der Waals surface area contributed by atoms with E-state index in [1.807, 2.05) is 19.1 Å². The van der Waals surface area contributed by atoms with Crippen molar-refractivity contribution in [1.82, 2.24) is 4.98 Å². The molecule has 0 spiro atoms. The third-order valence-electron chi connectivity index (χ3n) is 2.70. The lowest BCUT2D eigenvalue weighted by Gasteiger charge is -2.15. The first-order valence-electron chi connectivity index (χ1n) is 5.20. The van der Waals surface area contributed by atoms with Crippen LogP contribution in [-0.2, 0) is 0 Å². The molecule has 88 valence electrons. The molecule has 17 heavy (non-hydrogen) atoms. The normalized spacial score (nSPS) is 12.5. The minimum absolute atomic E-state index is 0.215. The number of hydrogen-bond acceptors (Lipinski definition) is 2. The average Bonchev–Trinajstić information content (AvgIpc) is 2.32. The number of benzene rings is 1. The van der Waals surface area contributed by atoms with Gasteiger partial charge in [0.2, 0.25) is 0 Å². The highest BCUT2D eigenvalue weighted by Crippen LogP contribution is 2.28. The minimum Gasteiger partial charge on any atom is -0.320 e. The minimum atomic E-state index is -0.215. The van der Waals surface area contributed by atoms with Gasteiger partial charge in [-0.1, -0.05) is 29.3 Å². The van der Waals surface area contributed by atoms with Crippen molar-refractivity contribution in [3.8, 4) is 0 Å². The van der Waals surface area contributed by atoms with Crippen LogP contribution in [0, 0.1) is 6.92 Å². The number of rotatable bonds is 2. The van der Waals surface area contributed by atoms with Crippen LogP contribution < -0.4 is 5.73 Å². The monoisotopic (exact) mass is 266 g/mol. The largest absolute Gasteiger partial charge is 0.320 e. The Morgan fingerprint density at radius 1 is 1.18 bits per heavy atom. The second-order valence-electron chi connectivity index (χ2n) is 3.88. The second kappa shape index (κ2) is 5.05. The Kier molecular flexibility index (Phi) is 3.67. The van der Waals surface area contributed by atoms with Gasteiger partial charge in [-0.15, -0.1) is 0 Å². The first kappa shape index (κ1) is 12.4. The molecular formula is C13H12Cl2N2. The van der Waals surface area contributed by atoms with E-state index in [1.165, 1.54) is 0 Å². The van der Waals surface area contributed by atoms with E-state index in [2.05, 4.69) is 4.98 Å². The van der Waals surface area contributed by atoms with Crippen molar-refractivity contribution in [2.45, 2.75) is 13.0 Å². The van der Waals surface area contributed by atoms with Crippen LogP contribution in [0.15, 0.2) is 36.7 Å². The molecule has 0 aliphatic rings. The summed E-state index contributed by atoms with van der Waals surface area (Å²) in [5, 5.41) is 1.06. The van der Waals surface area contributed by atoms with Crippen molar-refractivity contribution in [2.75, 3.05) is 0 Å². The molecule has 1 aromatic carbocycles. The van der Waals surface area contributed by atoms with E-state index in [-0.39, 0.29) is 6.04 Å². The lowest BCUT2D eigenvalue weighted by atomic mass is 9.97. The van der Waals surface area contributed by atoms with Gasteiger partial charge in [0.05, 0.1) is 16.1 Å². The highest BCUT2D eigenvalue weighted by Gasteiger charge is 2.12. The smallest absolute Gasteiger partial charge is 0.0595 e. The fourth-order valence-corrected chi connectivity index (χ4v) is 2.03. The van der Waals surface area contributed by atoms with Gasteiger partial charge in [0.25, 0.3) is 0 Å². The predicted molar refractivity (Wildman–Crippen MR) is 71.5 cm³/mol. The van der Waals surface area contributed by atoms with E-state index in [0.29, 0.717) is 10.0 Å². The molecule has 0 amide bonds. The molecule has 2 nitrogen and oxygen atoms in total. The Hall–Kier alpha value is -1.09. The molecule has 1 aromatic heterocycles. The van der Waals surface area contributed by atoms with Gasteiger partial charge >= 0.3 is 0 Å². The van der Waals surface area contributed by atoms with E-state index in [9.17, 15) is 0 Å². The number of hydrogen-bond donors (Lipinski definition) is 1. The zero-order valence-corrected chi connectivity index (χ0v) is 10.8. The zero-order chi connectivity index (χ0) is 12.4. The fraction of sp³-hybridized carbons (Fsp3) is 0.154. The molecule has 2 rings (SSSR count). The van der Waals surface area contributed by atoms with Crippen LogP contribution in [0.4, 0.5) is 0 Å². The standard InChI is InChI=1S/C13H12Cl2N2/c1-8-7-17-5-4-10(8)13(16)9-2-3-11(14)12(15)6-9/h2-7,13H,16H2,1H3. The fourth-order valence-electron chi connectivity index (χ4n) is 1.72. The van der Waals surface area contributed by atoms with Crippen LogP contribution in [0.25, 0.3) is 0 Å². The van der Waals surface area contributed by atoms with Gasteiger partial charge in [0, 0.05) is 12.4 Å². The van der Waals surface area contributed by atoms with Crippen molar-refractivity contribution in [1.29, 1.82) is 0 Å². The molecule has 2 N–H and O–H groups in total. The summed E-state index contributed by atoms with van der Waals surface area (Å²) >= 11 is 11.9. The molecule has 0 radical (unpaired) electrons. The van der Waals surface area contributed by atoms with Gasteiger partial charge in [-0.3, -0.25) is 4.98 Å². The SMILES string of the molecule is Cc1cnccc1C(N)c1ccc(Cl)c(Cl)c1. The first-order chi connectivity index (χ1) is 8.09. The van der Waals surface area contributed by atoms with Gasteiger partial charge < -0.3 is 5.73 Å².